The smallest absolute Gasteiger partial charge is 0.237 e. The number of aromatic nitrogens is 2. The highest BCUT2D eigenvalue weighted by atomic mass is 16.2. The summed E-state index contributed by atoms with van der Waals surface area (Å²) >= 11 is 0. The van der Waals surface area contributed by atoms with Crippen LogP contribution in [0.2, 0.25) is 0 Å². The highest BCUT2D eigenvalue weighted by Gasteiger charge is 2.19. The van der Waals surface area contributed by atoms with Crippen molar-refractivity contribution in [3.63, 3.8) is 0 Å². The quantitative estimate of drug-likeness (QED) is 0.786. The zero-order chi connectivity index (χ0) is 14.4. The van der Waals surface area contributed by atoms with E-state index in [1.807, 2.05) is 20.0 Å². The SMILES string of the molecule is CCC(C)C(N)C(=O)NCc1nccn1CC(C)C. The molecule has 19 heavy (non-hydrogen) atoms. The fourth-order valence-corrected chi connectivity index (χ4v) is 1.86. The zero-order valence-corrected chi connectivity index (χ0v) is 12.4. The lowest BCUT2D eigenvalue weighted by atomic mass is 9.99. The number of nitrogens with one attached hydrogen (secondary N) is 1. The summed E-state index contributed by atoms with van der Waals surface area (Å²) in [7, 11) is 0. The topological polar surface area (TPSA) is 72.9 Å². The molecular weight excluding hydrogens is 240 g/mol. The number of nitrogens with zero attached hydrogens (tertiary/aromatic N) is 2. The minimum Gasteiger partial charge on any atom is -0.348 e. The minimum atomic E-state index is -0.446. The first-order valence-electron chi connectivity index (χ1n) is 6.99. The van der Waals surface area contributed by atoms with Gasteiger partial charge in [0.15, 0.2) is 0 Å². The van der Waals surface area contributed by atoms with Gasteiger partial charge < -0.3 is 15.6 Å². The van der Waals surface area contributed by atoms with E-state index < -0.39 is 6.04 Å². The summed E-state index contributed by atoms with van der Waals surface area (Å²) in [4.78, 5) is 16.2. The van der Waals surface area contributed by atoms with Crippen LogP contribution in [0.5, 0.6) is 0 Å². The third kappa shape index (κ3) is 4.67. The van der Waals surface area contributed by atoms with Crippen LogP contribution in [-0.4, -0.2) is 21.5 Å². The third-order valence-electron chi connectivity index (χ3n) is 3.34. The fraction of sp³-hybridized carbons (Fsp3) is 0.714. The molecule has 0 bridgehead atoms. The molecule has 2 unspecified atom stereocenters. The molecule has 1 aromatic heterocycles. The molecule has 0 spiro atoms. The molecule has 3 N–H and O–H groups in total. The van der Waals surface area contributed by atoms with Crippen LogP contribution in [0, 0.1) is 11.8 Å². The van der Waals surface area contributed by atoms with E-state index in [0.717, 1.165) is 18.8 Å². The van der Waals surface area contributed by atoms with Gasteiger partial charge in [-0.2, -0.15) is 0 Å². The fourth-order valence-electron chi connectivity index (χ4n) is 1.86. The Bertz CT molecular complexity index is 400. The minimum absolute atomic E-state index is 0.103. The first-order chi connectivity index (χ1) is 8.95. The molecule has 0 aliphatic carbocycles. The van der Waals surface area contributed by atoms with Crippen LogP contribution in [0.1, 0.15) is 39.9 Å². The van der Waals surface area contributed by atoms with Gasteiger partial charge in [0.1, 0.15) is 5.82 Å². The van der Waals surface area contributed by atoms with Crippen molar-refractivity contribution in [2.45, 2.75) is 53.2 Å². The predicted octanol–water partition coefficient (Wildman–Crippen LogP) is 1.53. The summed E-state index contributed by atoms with van der Waals surface area (Å²) in [5, 5.41) is 2.87. The number of hydrogen-bond acceptors (Lipinski definition) is 3. The van der Waals surface area contributed by atoms with Crippen LogP contribution in [0.3, 0.4) is 0 Å². The number of nitrogens with two attached hydrogens (primary N) is 1. The first kappa shape index (κ1) is 15.7. The number of amides is 1. The molecule has 5 heteroatoms. The lowest BCUT2D eigenvalue weighted by Gasteiger charge is -2.18. The van der Waals surface area contributed by atoms with Gasteiger partial charge in [-0.3, -0.25) is 4.79 Å². The van der Waals surface area contributed by atoms with Gasteiger partial charge in [-0.1, -0.05) is 34.1 Å². The van der Waals surface area contributed by atoms with Crippen molar-refractivity contribution in [2.24, 2.45) is 17.6 Å². The Balaban J connectivity index is 2.53. The zero-order valence-electron chi connectivity index (χ0n) is 12.4. The van der Waals surface area contributed by atoms with Crippen molar-refractivity contribution in [1.82, 2.24) is 14.9 Å². The van der Waals surface area contributed by atoms with E-state index in [9.17, 15) is 4.79 Å². The van der Waals surface area contributed by atoms with Crippen molar-refractivity contribution >= 4 is 5.91 Å². The number of carbonyl (C=O) groups is 1. The molecule has 2 atom stereocenters. The van der Waals surface area contributed by atoms with E-state index in [0.29, 0.717) is 12.5 Å². The van der Waals surface area contributed by atoms with Gasteiger partial charge in [0.25, 0.3) is 0 Å². The molecule has 1 heterocycles. The Morgan fingerprint density at radius 3 is 2.74 bits per heavy atom. The normalized spacial score (nSPS) is 14.4. The second-order valence-corrected chi connectivity index (χ2v) is 5.52. The van der Waals surface area contributed by atoms with E-state index in [1.54, 1.807) is 6.20 Å². The van der Waals surface area contributed by atoms with Gasteiger partial charge in [0, 0.05) is 18.9 Å². The Labute approximate surface area is 115 Å². The molecule has 0 saturated carbocycles. The number of carbonyl (C=O) groups excluding carboxylic acids is 1. The van der Waals surface area contributed by atoms with E-state index >= 15 is 0 Å². The van der Waals surface area contributed by atoms with Crippen molar-refractivity contribution in [3.05, 3.63) is 18.2 Å². The third-order valence-corrected chi connectivity index (χ3v) is 3.34. The maximum absolute atomic E-state index is 11.9. The summed E-state index contributed by atoms with van der Waals surface area (Å²) in [6, 6.07) is -0.446. The molecule has 1 rings (SSSR count). The van der Waals surface area contributed by atoms with Crippen LogP contribution >= 0.6 is 0 Å². The van der Waals surface area contributed by atoms with E-state index in [4.69, 9.17) is 5.73 Å². The molecule has 108 valence electrons. The summed E-state index contributed by atoms with van der Waals surface area (Å²) < 4.78 is 2.07. The summed E-state index contributed by atoms with van der Waals surface area (Å²) in [6.07, 6.45) is 4.60. The molecule has 0 saturated heterocycles. The summed E-state index contributed by atoms with van der Waals surface area (Å²) in [6.45, 7) is 9.67. The molecule has 0 aliphatic rings. The molecule has 5 nitrogen and oxygen atoms in total. The maximum Gasteiger partial charge on any atom is 0.237 e. The van der Waals surface area contributed by atoms with Gasteiger partial charge in [-0.25, -0.2) is 4.98 Å². The van der Waals surface area contributed by atoms with E-state index in [2.05, 4.69) is 28.7 Å². The molecule has 0 aromatic carbocycles. The molecule has 0 aliphatic heterocycles. The van der Waals surface area contributed by atoms with Crippen LogP contribution < -0.4 is 11.1 Å². The van der Waals surface area contributed by atoms with Gasteiger partial charge in [-0.15, -0.1) is 0 Å². The highest BCUT2D eigenvalue weighted by Crippen LogP contribution is 2.06. The van der Waals surface area contributed by atoms with Crippen LogP contribution in [0.15, 0.2) is 12.4 Å². The van der Waals surface area contributed by atoms with E-state index in [-0.39, 0.29) is 11.8 Å². The number of rotatable bonds is 7. The predicted molar refractivity (Wildman–Crippen MR) is 76.3 cm³/mol. The highest BCUT2D eigenvalue weighted by molar-refractivity contribution is 5.81. The van der Waals surface area contributed by atoms with Gasteiger partial charge in [0.05, 0.1) is 12.6 Å². The average Bonchev–Trinajstić information content (AvgIpc) is 2.80. The van der Waals surface area contributed by atoms with Crippen molar-refractivity contribution in [1.29, 1.82) is 0 Å². The number of hydrogen-bond donors (Lipinski definition) is 2. The van der Waals surface area contributed by atoms with Crippen LogP contribution in [0.25, 0.3) is 0 Å². The standard InChI is InChI=1S/C14H26N4O/c1-5-11(4)13(15)14(19)17-8-12-16-6-7-18(12)9-10(2)3/h6-7,10-11,13H,5,8-9,15H2,1-4H3,(H,17,19). The molecule has 0 fully saturated rings. The van der Waals surface area contributed by atoms with Crippen LogP contribution in [0.4, 0.5) is 0 Å². The Hall–Kier alpha value is -1.36. The van der Waals surface area contributed by atoms with E-state index in [1.165, 1.54) is 0 Å². The van der Waals surface area contributed by atoms with Crippen molar-refractivity contribution < 1.29 is 4.79 Å². The maximum atomic E-state index is 11.9. The number of imidazole rings is 1. The van der Waals surface area contributed by atoms with Crippen molar-refractivity contribution in [3.8, 4) is 0 Å². The first-order valence-corrected chi connectivity index (χ1v) is 6.99. The molecule has 1 aromatic rings. The second-order valence-electron chi connectivity index (χ2n) is 5.52. The molecule has 0 radical (unpaired) electrons. The summed E-state index contributed by atoms with van der Waals surface area (Å²) in [5.41, 5.74) is 5.89. The van der Waals surface area contributed by atoms with Crippen LogP contribution in [-0.2, 0) is 17.9 Å². The van der Waals surface area contributed by atoms with Crippen molar-refractivity contribution in [2.75, 3.05) is 0 Å². The Morgan fingerprint density at radius 1 is 1.47 bits per heavy atom. The average molecular weight is 266 g/mol. The largest absolute Gasteiger partial charge is 0.348 e. The Kier molecular flexibility index (Phi) is 6.02. The lowest BCUT2D eigenvalue weighted by Crippen LogP contribution is -2.44. The second kappa shape index (κ2) is 7.28. The molecule has 1 amide bonds. The Morgan fingerprint density at radius 2 is 2.16 bits per heavy atom. The summed E-state index contributed by atoms with van der Waals surface area (Å²) in [5.74, 6) is 1.51. The monoisotopic (exact) mass is 266 g/mol. The lowest BCUT2D eigenvalue weighted by molar-refractivity contribution is -0.123. The van der Waals surface area contributed by atoms with Gasteiger partial charge >= 0.3 is 0 Å². The van der Waals surface area contributed by atoms with Gasteiger partial charge in [0.2, 0.25) is 5.91 Å². The van der Waals surface area contributed by atoms with Gasteiger partial charge in [-0.05, 0) is 11.8 Å². The molecular formula is C14H26N4O.